The van der Waals surface area contributed by atoms with Gasteiger partial charge in [-0.3, -0.25) is 4.99 Å². The van der Waals surface area contributed by atoms with E-state index in [4.69, 9.17) is 9.98 Å². The van der Waals surface area contributed by atoms with E-state index in [1.54, 1.807) is 0 Å². The lowest BCUT2D eigenvalue weighted by Crippen LogP contribution is -2.48. The summed E-state index contributed by atoms with van der Waals surface area (Å²) in [4.78, 5) is 10.1. The Bertz CT molecular complexity index is 680. The van der Waals surface area contributed by atoms with Crippen molar-refractivity contribution >= 4 is 11.9 Å². The van der Waals surface area contributed by atoms with Gasteiger partial charge in [0.05, 0.1) is 12.6 Å². The molecule has 0 aliphatic heterocycles. The quantitative estimate of drug-likeness (QED) is 0.113. The van der Waals surface area contributed by atoms with Crippen LogP contribution in [0.15, 0.2) is 9.98 Å². The first-order valence-corrected chi connectivity index (χ1v) is 17.4. The Morgan fingerprint density at radius 3 is 1.40 bits per heavy atom. The van der Waals surface area contributed by atoms with Gasteiger partial charge < -0.3 is 31.9 Å². The van der Waals surface area contributed by atoms with Crippen LogP contribution in [0.3, 0.4) is 0 Å². The Morgan fingerprint density at radius 1 is 0.450 bits per heavy atom. The molecule has 0 spiro atoms. The fraction of sp³-hybridized carbons (Fsp3) is 0.938. The van der Waals surface area contributed by atoms with Crippen molar-refractivity contribution in [3.05, 3.63) is 0 Å². The Labute approximate surface area is 245 Å². The van der Waals surface area contributed by atoms with Crippen LogP contribution < -0.4 is 31.9 Å². The van der Waals surface area contributed by atoms with Crippen LogP contribution in [0, 0.1) is 0 Å². The summed E-state index contributed by atoms with van der Waals surface area (Å²) in [6, 6.07) is 2.30. The lowest BCUT2D eigenvalue weighted by atomic mass is 9.95. The van der Waals surface area contributed by atoms with Crippen molar-refractivity contribution in [1.82, 2.24) is 31.9 Å². The normalized spacial score (nSPS) is 22.6. The first-order valence-electron chi connectivity index (χ1n) is 17.4. The number of nitrogens with one attached hydrogen (secondary N) is 6. The average Bonchev–Trinajstić information content (AvgIpc) is 3.00. The molecule has 6 N–H and O–H groups in total. The zero-order valence-electron chi connectivity index (χ0n) is 25.6. The van der Waals surface area contributed by atoms with Gasteiger partial charge in [0.2, 0.25) is 0 Å². The van der Waals surface area contributed by atoms with Crippen molar-refractivity contribution in [3.8, 4) is 0 Å². The van der Waals surface area contributed by atoms with Crippen LogP contribution in [-0.2, 0) is 0 Å². The van der Waals surface area contributed by atoms with Gasteiger partial charge in [-0.05, 0) is 51.4 Å². The van der Waals surface area contributed by atoms with Gasteiger partial charge in [-0.15, -0.1) is 0 Å². The molecule has 0 atom stereocenters. The van der Waals surface area contributed by atoms with Gasteiger partial charge in [-0.2, -0.15) is 0 Å². The molecule has 4 rings (SSSR count). The van der Waals surface area contributed by atoms with Gasteiger partial charge in [0.1, 0.15) is 0 Å². The number of hydrogen-bond acceptors (Lipinski definition) is 4. The third kappa shape index (κ3) is 13.0. The maximum atomic E-state index is 5.12. The van der Waals surface area contributed by atoms with Gasteiger partial charge in [-0.1, -0.05) is 77.0 Å². The second-order valence-corrected chi connectivity index (χ2v) is 12.9. The summed E-state index contributed by atoms with van der Waals surface area (Å²) in [6.45, 7) is 5.56. The average molecular weight is 559 g/mol. The largest absolute Gasteiger partial charge is 0.355 e. The molecular formula is C32H62N8. The summed E-state index contributed by atoms with van der Waals surface area (Å²) in [5, 5.41) is 22.1. The van der Waals surface area contributed by atoms with Crippen molar-refractivity contribution in [2.75, 3.05) is 39.3 Å². The molecule has 4 saturated carbocycles. The molecule has 0 radical (unpaired) electrons. The van der Waals surface area contributed by atoms with E-state index >= 15 is 0 Å². The molecule has 230 valence electrons. The smallest absolute Gasteiger partial charge is 0.191 e. The number of rotatable bonds is 13. The minimum atomic E-state index is 0.503. The molecule has 0 saturated heterocycles. The summed E-state index contributed by atoms with van der Waals surface area (Å²) in [5.74, 6) is 2.10. The van der Waals surface area contributed by atoms with Crippen molar-refractivity contribution in [1.29, 1.82) is 0 Å². The predicted molar refractivity (Wildman–Crippen MR) is 170 cm³/mol. The van der Waals surface area contributed by atoms with Gasteiger partial charge >= 0.3 is 0 Å². The fourth-order valence-corrected chi connectivity index (χ4v) is 6.92. The topological polar surface area (TPSA) is 96.9 Å². The van der Waals surface area contributed by atoms with Gasteiger partial charge in [0, 0.05) is 50.8 Å². The van der Waals surface area contributed by atoms with Crippen molar-refractivity contribution < 1.29 is 0 Å². The molecule has 0 amide bonds. The van der Waals surface area contributed by atoms with E-state index in [1.165, 1.54) is 128 Å². The molecule has 4 aliphatic rings. The van der Waals surface area contributed by atoms with E-state index in [9.17, 15) is 0 Å². The molecule has 0 heterocycles. The monoisotopic (exact) mass is 559 g/mol. The Morgan fingerprint density at radius 2 is 0.875 bits per heavy atom. The van der Waals surface area contributed by atoms with Crippen LogP contribution in [0.1, 0.15) is 128 Å². The van der Waals surface area contributed by atoms with Crippen LogP contribution in [-0.4, -0.2) is 75.4 Å². The zero-order valence-corrected chi connectivity index (χ0v) is 25.6. The summed E-state index contributed by atoms with van der Waals surface area (Å²) >= 11 is 0. The van der Waals surface area contributed by atoms with Crippen molar-refractivity contribution in [2.45, 2.75) is 153 Å². The minimum absolute atomic E-state index is 0.503. The summed E-state index contributed by atoms with van der Waals surface area (Å²) < 4.78 is 0. The Hall–Kier alpha value is -1.54. The lowest BCUT2D eigenvalue weighted by molar-refractivity contribution is 0.388. The van der Waals surface area contributed by atoms with E-state index in [1.807, 2.05) is 0 Å². The third-order valence-electron chi connectivity index (χ3n) is 9.36. The van der Waals surface area contributed by atoms with Gasteiger partial charge in [0.15, 0.2) is 11.9 Å². The van der Waals surface area contributed by atoms with Crippen LogP contribution in [0.5, 0.6) is 0 Å². The van der Waals surface area contributed by atoms with E-state index in [0.29, 0.717) is 24.2 Å². The molecule has 40 heavy (non-hydrogen) atoms. The molecule has 0 aromatic carbocycles. The van der Waals surface area contributed by atoms with Crippen molar-refractivity contribution in [3.63, 3.8) is 0 Å². The molecule has 4 aliphatic carbocycles. The van der Waals surface area contributed by atoms with Crippen LogP contribution in [0.25, 0.3) is 0 Å². The highest BCUT2D eigenvalue weighted by Crippen LogP contribution is 2.21. The van der Waals surface area contributed by atoms with Gasteiger partial charge in [0.25, 0.3) is 0 Å². The van der Waals surface area contributed by atoms with Crippen LogP contribution in [0.2, 0.25) is 0 Å². The maximum absolute atomic E-state index is 5.12. The SMILES string of the molecule is C1CCC(N=C(NCCNCCNCCN=C(NC2CCCCC2)NC2CCCCC2)NC2CCCCC2)CC1. The molecule has 4 fully saturated rings. The highest BCUT2D eigenvalue weighted by Gasteiger charge is 2.19. The molecule has 8 nitrogen and oxygen atoms in total. The van der Waals surface area contributed by atoms with E-state index < -0.39 is 0 Å². The zero-order chi connectivity index (χ0) is 27.5. The Balaban J connectivity index is 1.08. The predicted octanol–water partition coefficient (Wildman–Crippen LogP) is 4.57. The van der Waals surface area contributed by atoms with Gasteiger partial charge in [-0.25, -0.2) is 4.99 Å². The highest BCUT2D eigenvalue weighted by atomic mass is 15.2. The first kappa shape index (κ1) is 31.4. The molecule has 8 heteroatoms. The standard InChI is InChI=1S/C32H62N8/c1-5-13-27(14-6-1)37-31(38-28-15-7-2-8-16-28)35-25-23-33-21-22-34-24-26-36-32(39-29-17-9-3-10-18-29)40-30-19-11-4-12-20-30/h27-30,33-34H,1-26H2,(H2,35,37,38)(H2,36,39,40). The number of hydrogen-bond donors (Lipinski definition) is 6. The lowest BCUT2D eigenvalue weighted by Gasteiger charge is -2.29. The summed E-state index contributed by atoms with van der Waals surface area (Å²) in [5.41, 5.74) is 0. The summed E-state index contributed by atoms with van der Waals surface area (Å²) in [7, 11) is 0. The number of aliphatic imine (C=N–C) groups is 2. The van der Waals surface area contributed by atoms with Crippen LogP contribution >= 0.6 is 0 Å². The fourth-order valence-electron chi connectivity index (χ4n) is 6.92. The van der Waals surface area contributed by atoms with Crippen molar-refractivity contribution in [2.24, 2.45) is 9.98 Å². The highest BCUT2D eigenvalue weighted by molar-refractivity contribution is 5.80. The molecule has 0 aromatic heterocycles. The minimum Gasteiger partial charge on any atom is -0.355 e. The number of guanidine groups is 2. The van der Waals surface area contributed by atoms with E-state index in [2.05, 4.69) is 31.9 Å². The molecule has 0 unspecified atom stereocenters. The Kier molecular flexibility index (Phi) is 15.4. The molecular weight excluding hydrogens is 496 g/mol. The first-order chi connectivity index (χ1) is 19.8. The number of nitrogens with zero attached hydrogens (tertiary/aromatic N) is 2. The van der Waals surface area contributed by atoms with E-state index in [-0.39, 0.29) is 0 Å². The molecule has 0 bridgehead atoms. The maximum Gasteiger partial charge on any atom is 0.191 e. The second kappa shape index (κ2) is 19.6. The molecule has 0 aromatic rings. The summed E-state index contributed by atoms with van der Waals surface area (Å²) in [6.07, 6.45) is 26.5. The van der Waals surface area contributed by atoms with Crippen LogP contribution in [0.4, 0.5) is 0 Å². The van der Waals surface area contributed by atoms with E-state index in [0.717, 1.165) is 51.2 Å². The second-order valence-electron chi connectivity index (χ2n) is 12.9. The third-order valence-corrected chi connectivity index (χ3v) is 9.36.